The number of rotatable bonds is 4. The van der Waals surface area contributed by atoms with Crippen molar-refractivity contribution in [3.63, 3.8) is 0 Å². The maximum Gasteiger partial charge on any atom is 0.244 e. The Labute approximate surface area is 143 Å². The van der Waals surface area contributed by atoms with Crippen molar-refractivity contribution in [2.45, 2.75) is 11.4 Å². The summed E-state index contributed by atoms with van der Waals surface area (Å²) in [4.78, 5) is 0.110. The Morgan fingerprint density at radius 1 is 1.27 bits per heavy atom. The maximum absolute atomic E-state index is 12.6. The van der Waals surface area contributed by atoms with Gasteiger partial charge in [0.25, 0.3) is 0 Å². The van der Waals surface area contributed by atoms with Crippen LogP contribution in [0.25, 0.3) is 0 Å². The lowest BCUT2D eigenvalue weighted by atomic mass is 10.1. The summed E-state index contributed by atoms with van der Waals surface area (Å²) < 4.78 is 26.9. The van der Waals surface area contributed by atoms with Crippen LogP contribution in [0.5, 0.6) is 0 Å². The molecule has 0 heterocycles. The molecule has 0 bridgehead atoms. The lowest BCUT2D eigenvalue weighted by Gasteiger charge is -2.18. The van der Waals surface area contributed by atoms with Gasteiger partial charge in [0.1, 0.15) is 0 Å². The van der Waals surface area contributed by atoms with Crippen molar-refractivity contribution in [2.24, 2.45) is 0 Å². The molecule has 0 fully saturated rings. The van der Waals surface area contributed by atoms with E-state index in [9.17, 15) is 8.42 Å². The van der Waals surface area contributed by atoms with Gasteiger partial charge in [-0.2, -0.15) is 9.57 Å². The summed E-state index contributed by atoms with van der Waals surface area (Å²) in [5.41, 5.74) is 1.23. The Balaban J connectivity index is 2.33. The van der Waals surface area contributed by atoms with Crippen LogP contribution in [0, 0.1) is 11.3 Å². The quantitative estimate of drug-likeness (QED) is 0.785. The van der Waals surface area contributed by atoms with Crippen molar-refractivity contribution in [3.05, 3.63) is 63.1 Å². The summed E-state index contributed by atoms with van der Waals surface area (Å²) in [6.45, 7) is 0.163. The molecule has 0 aliphatic rings. The second-order valence-electron chi connectivity index (χ2n) is 4.65. The van der Waals surface area contributed by atoms with Gasteiger partial charge in [0.2, 0.25) is 10.0 Å². The molecule has 0 saturated carbocycles. The Kier molecular flexibility index (Phi) is 5.24. The van der Waals surface area contributed by atoms with Gasteiger partial charge in [0.05, 0.1) is 16.5 Å². The standard InChI is InChI=1S/C15H12BrClN2O2S/c1-19(10-12-4-2-3-11(7-12)9-18)22(20,21)15-8-13(17)5-6-14(15)16/h2-8H,10H2,1H3. The van der Waals surface area contributed by atoms with Crippen LogP contribution >= 0.6 is 27.5 Å². The first kappa shape index (κ1) is 17.0. The molecule has 4 nitrogen and oxygen atoms in total. The Bertz CT molecular complexity index is 847. The zero-order chi connectivity index (χ0) is 16.3. The fraction of sp³-hybridized carbons (Fsp3) is 0.133. The van der Waals surface area contributed by atoms with Gasteiger partial charge in [-0.15, -0.1) is 0 Å². The van der Waals surface area contributed by atoms with E-state index in [1.807, 2.05) is 6.07 Å². The molecule has 2 aromatic rings. The number of hydrogen-bond acceptors (Lipinski definition) is 3. The highest BCUT2D eigenvalue weighted by Gasteiger charge is 2.23. The minimum absolute atomic E-state index is 0.110. The molecule has 0 atom stereocenters. The highest BCUT2D eigenvalue weighted by Crippen LogP contribution is 2.28. The SMILES string of the molecule is CN(Cc1cccc(C#N)c1)S(=O)(=O)c1cc(Cl)ccc1Br. The van der Waals surface area contributed by atoms with Crippen LogP contribution < -0.4 is 0 Å². The largest absolute Gasteiger partial charge is 0.244 e. The zero-order valence-electron chi connectivity index (χ0n) is 11.6. The van der Waals surface area contributed by atoms with Crippen LogP contribution in [0.1, 0.15) is 11.1 Å². The first-order valence-corrected chi connectivity index (χ1v) is 8.86. The number of sulfonamides is 1. The van der Waals surface area contributed by atoms with Crippen LogP contribution in [0.15, 0.2) is 51.8 Å². The van der Waals surface area contributed by atoms with Gasteiger partial charge in [-0.05, 0) is 51.8 Å². The normalized spacial score (nSPS) is 11.4. The van der Waals surface area contributed by atoms with E-state index in [1.165, 1.54) is 17.4 Å². The molecule has 0 radical (unpaired) electrons. The summed E-state index contributed by atoms with van der Waals surface area (Å²) >= 11 is 9.12. The third-order valence-electron chi connectivity index (χ3n) is 3.04. The summed E-state index contributed by atoms with van der Waals surface area (Å²) in [5, 5.41) is 9.25. The van der Waals surface area contributed by atoms with E-state index in [0.29, 0.717) is 15.1 Å². The van der Waals surface area contributed by atoms with E-state index < -0.39 is 10.0 Å². The van der Waals surface area contributed by atoms with Crippen molar-refractivity contribution < 1.29 is 8.42 Å². The maximum atomic E-state index is 12.6. The van der Waals surface area contributed by atoms with Gasteiger partial charge in [0.15, 0.2) is 0 Å². The Morgan fingerprint density at radius 3 is 2.68 bits per heavy atom. The van der Waals surface area contributed by atoms with E-state index in [0.717, 1.165) is 5.56 Å². The van der Waals surface area contributed by atoms with E-state index in [4.69, 9.17) is 16.9 Å². The molecule has 2 aromatic carbocycles. The number of nitriles is 1. The van der Waals surface area contributed by atoms with Gasteiger partial charge in [0, 0.05) is 23.1 Å². The predicted molar refractivity (Wildman–Crippen MR) is 89.0 cm³/mol. The van der Waals surface area contributed by atoms with Crippen molar-refractivity contribution in [1.82, 2.24) is 4.31 Å². The highest BCUT2D eigenvalue weighted by molar-refractivity contribution is 9.10. The molecule has 7 heteroatoms. The molecule has 0 aromatic heterocycles. The van der Waals surface area contributed by atoms with Crippen LogP contribution in [-0.2, 0) is 16.6 Å². The van der Waals surface area contributed by atoms with Gasteiger partial charge in [-0.3, -0.25) is 0 Å². The first-order valence-electron chi connectivity index (χ1n) is 6.25. The fourth-order valence-corrected chi connectivity index (χ4v) is 4.27. The lowest BCUT2D eigenvalue weighted by molar-refractivity contribution is 0.466. The molecule has 0 aliphatic heterocycles. The minimum Gasteiger partial charge on any atom is -0.207 e. The molecule has 0 spiro atoms. The second-order valence-corrected chi connectivity index (χ2v) is 7.95. The summed E-state index contributed by atoms with van der Waals surface area (Å²) in [6, 6.07) is 13.5. The molecule has 22 heavy (non-hydrogen) atoms. The molecule has 0 aliphatic carbocycles. The van der Waals surface area contributed by atoms with E-state index in [1.54, 1.807) is 36.4 Å². The first-order chi connectivity index (χ1) is 10.3. The van der Waals surface area contributed by atoms with Gasteiger partial charge < -0.3 is 0 Å². The number of hydrogen-bond donors (Lipinski definition) is 0. The summed E-state index contributed by atoms with van der Waals surface area (Å²) in [7, 11) is -2.20. The van der Waals surface area contributed by atoms with Crippen LogP contribution in [0.4, 0.5) is 0 Å². The predicted octanol–water partition coefficient (Wildman–Crippen LogP) is 3.79. The topological polar surface area (TPSA) is 61.2 Å². The number of nitrogens with zero attached hydrogens (tertiary/aromatic N) is 2. The van der Waals surface area contributed by atoms with Crippen molar-refractivity contribution in [3.8, 4) is 6.07 Å². The number of benzene rings is 2. The second kappa shape index (κ2) is 6.80. The van der Waals surface area contributed by atoms with Crippen LogP contribution in [-0.4, -0.2) is 19.8 Å². The molecule has 0 N–H and O–H groups in total. The molecular weight excluding hydrogens is 388 g/mol. The number of halogens is 2. The summed E-state index contributed by atoms with van der Waals surface area (Å²) in [6.07, 6.45) is 0. The van der Waals surface area contributed by atoms with Gasteiger partial charge in [-0.25, -0.2) is 8.42 Å². The monoisotopic (exact) mass is 398 g/mol. The molecule has 0 amide bonds. The van der Waals surface area contributed by atoms with Crippen molar-refractivity contribution in [1.29, 1.82) is 5.26 Å². The lowest BCUT2D eigenvalue weighted by Crippen LogP contribution is -2.26. The molecule has 114 valence electrons. The molecule has 0 unspecified atom stereocenters. The van der Waals surface area contributed by atoms with E-state index in [2.05, 4.69) is 15.9 Å². The van der Waals surface area contributed by atoms with E-state index >= 15 is 0 Å². The molecule has 0 saturated heterocycles. The van der Waals surface area contributed by atoms with E-state index in [-0.39, 0.29) is 11.4 Å². The van der Waals surface area contributed by atoms with Crippen LogP contribution in [0.3, 0.4) is 0 Å². The zero-order valence-corrected chi connectivity index (χ0v) is 14.8. The average molecular weight is 400 g/mol. The Hall–Kier alpha value is -1.39. The Morgan fingerprint density at radius 2 is 2.00 bits per heavy atom. The summed E-state index contributed by atoms with van der Waals surface area (Å²) in [5.74, 6) is 0. The highest BCUT2D eigenvalue weighted by atomic mass is 79.9. The third kappa shape index (κ3) is 3.68. The molecule has 2 rings (SSSR count). The third-order valence-corrected chi connectivity index (χ3v) is 6.08. The van der Waals surface area contributed by atoms with Gasteiger partial charge >= 0.3 is 0 Å². The van der Waals surface area contributed by atoms with Crippen molar-refractivity contribution >= 4 is 37.6 Å². The minimum atomic E-state index is -3.69. The fourth-order valence-electron chi connectivity index (χ4n) is 1.92. The smallest absolute Gasteiger partial charge is 0.207 e. The van der Waals surface area contributed by atoms with Crippen molar-refractivity contribution in [2.75, 3.05) is 7.05 Å². The van der Waals surface area contributed by atoms with Gasteiger partial charge in [-0.1, -0.05) is 23.7 Å². The average Bonchev–Trinajstić information content (AvgIpc) is 2.49. The van der Waals surface area contributed by atoms with Crippen LogP contribution in [0.2, 0.25) is 5.02 Å². The molecular formula is C15H12BrClN2O2S.